The van der Waals surface area contributed by atoms with Crippen LogP contribution in [0.3, 0.4) is 0 Å². The van der Waals surface area contributed by atoms with Crippen LogP contribution in [0.15, 0.2) is 18.2 Å². The molecule has 1 aromatic rings. The van der Waals surface area contributed by atoms with Crippen LogP contribution in [0.25, 0.3) is 0 Å². The second kappa shape index (κ2) is 4.83. The van der Waals surface area contributed by atoms with Crippen molar-refractivity contribution in [2.75, 3.05) is 24.7 Å². The van der Waals surface area contributed by atoms with E-state index in [0.29, 0.717) is 18.9 Å². The minimum absolute atomic E-state index is 0.117. The van der Waals surface area contributed by atoms with Crippen LogP contribution >= 0.6 is 0 Å². The Morgan fingerprint density at radius 2 is 2.31 bits per heavy atom. The summed E-state index contributed by atoms with van der Waals surface area (Å²) in [5.41, 5.74) is 1.75. The van der Waals surface area contributed by atoms with Gasteiger partial charge in [0, 0.05) is 12.6 Å². The fraction of sp³-hybridized carbons (Fsp3) is 0.538. The molecule has 0 unspecified atom stereocenters. The molecule has 1 aliphatic rings. The average Bonchev–Trinajstić information content (AvgIpc) is 2.30. The molecule has 2 rings (SSSR count). The van der Waals surface area contributed by atoms with Gasteiger partial charge in [-0.05, 0) is 31.0 Å². The first-order valence-corrected chi connectivity index (χ1v) is 5.85. The lowest BCUT2D eigenvalue weighted by Crippen LogP contribution is -2.44. The van der Waals surface area contributed by atoms with Crippen molar-refractivity contribution in [1.82, 2.24) is 0 Å². The van der Waals surface area contributed by atoms with Crippen molar-refractivity contribution in [2.24, 2.45) is 0 Å². The van der Waals surface area contributed by atoms with Gasteiger partial charge in [-0.3, -0.25) is 0 Å². The smallest absolute Gasteiger partial charge is 0.146 e. The molecule has 3 heteroatoms. The maximum atomic E-state index is 13.9. The SMILES string of the molecule is CCc1ccc(N2CCOC[C@@H]2C)c(F)c1. The van der Waals surface area contributed by atoms with Gasteiger partial charge in [0.1, 0.15) is 5.82 Å². The molecule has 1 atom stereocenters. The van der Waals surface area contributed by atoms with Crippen molar-refractivity contribution in [1.29, 1.82) is 0 Å². The van der Waals surface area contributed by atoms with Crippen LogP contribution in [0.4, 0.5) is 10.1 Å². The molecule has 1 aromatic carbocycles. The third-order valence-electron chi connectivity index (χ3n) is 3.10. The molecule has 88 valence electrons. The molecule has 1 aliphatic heterocycles. The predicted octanol–water partition coefficient (Wildman–Crippen LogP) is 2.61. The number of benzene rings is 1. The van der Waals surface area contributed by atoms with Crippen LogP contribution in [0.5, 0.6) is 0 Å². The van der Waals surface area contributed by atoms with Crippen molar-refractivity contribution in [2.45, 2.75) is 26.3 Å². The molecule has 0 amide bonds. The lowest BCUT2D eigenvalue weighted by molar-refractivity contribution is 0.0986. The van der Waals surface area contributed by atoms with Crippen molar-refractivity contribution < 1.29 is 9.13 Å². The lowest BCUT2D eigenvalue weighted by Gasteiger charge is -2.35. The molecular weight excluding hydrogens is 205 g/mol. The summed E-state index contributed by atoms with van der Waals surface area (Å²) in [5, 5.41) is 0. The number of hydrogen-bond donors (Lipinski definition) is 0. The van der Waals surface area contributed by atoms with Crippen molar-refractivity contribution >= 4 is 5.69 Å². The summed E-state index contributed by atoms with van der Waals surface area (Å²) in [5.74, 6) is -0.117. The van der Waals surface area contributed by atoms with E-state index in [-0.39, 0.29) is 11.9 Å². The van der Waals surface area contributed by atoms with E-state index >= 15 is 0 Å². The summed E-state index contributed by atoms with van der Waals surface area (Å²) in [6.45, 7) is 6.22. The van der Waals surface area contributed by atoms with Gasteiger partial charge in [0.2, 0.25) is 0 Å². The number of aryl methyl sites for hydroxylation is 1. The number of morpholine rings is 1. The fourth-order valence-electron chi connectivity index (χ4n) is 2.09. The Kier molecular flexibility index (Phi) is 3.44. The zero-order chi connectivity index (χ0) is 11.5. The van der Waals surface area contributed by atoms with Gasteiger partial charge in [0.25, 0.3) is 0 Å². The molecule has 2 nitrogen and oxygen atoms in total. The monoisotopic (exact) mass is 223 g/mol. The minimum Gasteiger partial charge on any atom is -0.377 e. The van der Waals surface area contributed by atoms with E-state index in [1.54, 1.807) is 6.07 Å². The summed E-state index contributed by atoms with van der Waals surface area (Å²) in [6, 6.07) is 5.77. The molecule has 1 fully saturated rings. The highest BCUT2D eigenvalue weighted by Gasteiger charge is 2.21. The standard InChI is InChI=1S/C13H18FNO/c1-3-11-4-5-13(12(14)8-11)15-6-7-16-9-10(15)2/h4-5,8,10H,3,6-7,9H2,1-2H3/t10-/m0/s1. The predicted molar refractivity (Wildman–Crippen MR) is 63.4 cm³/mol. The molecule has 0 aromatic heterocycles. The minimum atomic E-state index is -0.117. The second-order valence-corrected chi connectivity index (χ2v) is 4.26. The summed E-state index contributed by atoms with van der Waals surface area (Å²) in [7, 11) is 0. The largest absolute Gasteiger partial charge is 0.377 e. The van der Waals surface area contributed by atoms with Crippen molar-refractivity contribution in [3.8, 4) is 0 Å². The molecular formula is C13H18FNO. The number of ether oxygens (including phenoxy) is 1. The maximum Gasteiger partial charge on any atom is 0.146 e. The number of nitrogens with zero attached hydrogens (tertiary/aromatic N) is 1. The maximum absolute atomic E-state index is 13.9. The van der Waals surface area contributed by atoms with Gasteiger partial charge in [-0.1, -0.05) is 13.0 Å². The van der Waals surface area contributed by atoms with Crippen molar-refractivity contribution in [3.05, 3.63) is 29.6 Å². The van der Waals surface area contributed by atoms with Gasteiger partial charge in [-0.15, -0.1) is 0 Å². The van der Waals surface area contributed by atoms with Gasteiger partial charge in [0.15, 0.2) is 0 Å². The Morgan fingerprint density at radius 3 is 2.94 bits per heavy atom. The molecule has 0 N–H and O–H groups in total. The van der Waals surface area contributed by atoms with E-state index in [4.69, 9.17) is 4.74 Å². The van der Waals surface area contributed by atoms with E-state index in [1.165, 1.54) is 0 Å². The third kappa shape index (κ3) is 2.19. The molecule has 1 saturated heterocycles. The molecule has 0 spiro atoms. The first-order valence-electron chi connectivity index (χ1n) is 5.85. The average molecular weight is 223 g/mol. The Hall–Kier alpha value is -1.09. The van der Waals surface area contributed by atoms with Crippen LogP contribution in [0.2, 0.25) is 0 Å². The van der Waals surface area contributed by atoms with E-state index in [0.717, 1.165) is 18.5 Å². The van der Waals surface area contributed by atoms with Gasteiger partial charge >= 0.3 is 0 Å². The second-order valence-electron chi connectivity index (χ2n) is 4.26. The highest BCUT2D eigenvalue weighted by atomic mass is 19.1. The number of halogens is 1. The van der Waals surface area contributed by atoms with Crippen LogP contribution < -0.4 is 4.90 Å². The van der Waals surface area contributed by atoms with Crippen molar-refractivity contribution in [3.63, 3.8) is 0 Å². The number of hydrogen-bond acceptors (Lipinski definition) is 2. The molecule has 0 radical (unpaired) electrons. The molecule has 16 heavy (non-hydrogen) atoms. The quantitative estimate of drug-likeness (QED) is 0.764. The first kappa shape index (κ1) is 11.4. The normalized spacial score (nSPS) is 21.2. The van der Waals surface area contributed by atoms with E-state index in [2.05, 4.69) is 11.8 Å². The van der Waals surface area contributed by atoms with Gasteiger partial charge in [-0.2, -0.15) is 0 Å². The van der Waals surface area contributed by atoms with Crippen LogP contribution in [-0.4, -0.2) is 25.8 Å². The topological polar surface area (TPSA) is 12.5 Å². The zero-order valence-corrected chi connectivity index (χ0v) is 9.87. The van der Waals surface area contributed by atoms with Crippen LogP contribution in [-0.2, 0) is 11.2 Å². The third-order valence-corrected chi connectivity index (χ3v) is 3.10. The molecule has 0 bridgehead atoms. The van der Waals surface area contributed by atoms with Gasteiger partial charge in [0.05, 0.1) is 18.9 Å². The first-order chi connectivity index (χ1) is 7.72. The zero-order valence-electron chi connectivity index (χ0n) is 9.87. The van der Waals surface area contributed by atoms with E-state index in [1.807, 2.05) is 19.1 Å². The Labute approximate surface area is 96.0 Å². The summed E-state index contributed by atoms with van der Waals surface area (Å²) in [4.78, 5) is 2.08. The Bertz CT molecular complexity index is 367. The summed E-state index contributed by atoms with van der Waals surface area (Å²) in [6.07, 6.45) is 0.871. The van der Waals surface area contributed by atoms with Gasteiger partial charge < -0.3 is 9.64 Å². The van der Waals surface area contributed by atoms with Crippen LogP contribution in [0, 0.1) is 5.82 Å². The van der Waals surface area contributed by atoms with Gasteiger partial charge in [-0.25, -0.2) is 4.39 Å². The van der Waals surface area contributed by atoms with Crippen LogP contribution in [0.1, 0.15) is 19.4 Å². The summed E-state index contributed by atoms with van der Waals surface area (Å²) < 4.78 is 19.3. The Balaban J connectivity index is 2.25. The molecule has 0 saturated carbocycles. The van der Waals surface area contributed by atoms with E-state index < -0.39 is 0 Å². The fourth-order valence-corrected chi connectivity index (χ4v) is 2.09. The number of anilines is 1. The molecule has 0 aliphatic carbocycles. The number of rotatable bonds is 2. The summed E-state index contributed by atoms with van der Waals surface area (Å²) >= 11 is 0. The highest BCUT2D eigenvalue weighted by molar-refractivity contribution is 5.50. The molecule has 1 heterocycles. The lowest BCUT2D eigenvalue weighted by atomic mass is 10.1. The Morgan fingerprint density at radius 1 is 1.50 bits per heavy atom. The van der Waals surface area contributed by atoms with E-state index in [9.17, 15) is 4.39 Å². The highest BCUT2D eigenvalue weighted by Crippen LogP contribution is 2.24.